The Labute approximate surface area is 118 Å². The molecule has 0 spiro atoms. The lowest BCUT2D eigenvalue weighted by atomic mass is 10.1. The van der Waals surface area contributed by atoms with Gasteiger partial charge in [-0.05, 0) is 24.6 Å². The number of nitrogens with one attached hydrogen (secondary N) is 1. The normalized spacial score (nSPS) is 10.2. The van der Waals surface area contributed by atoms with E-state index < -0.39 is 0 Å². The highest BCUT2D eigenvalue weighted by molar-refractivity contribution is 5.71. The predicted octanol–water partition coefficient (Wildman–Crippen LogP) is 3.71. The fourth-order valence-electron chi connectivity index (χ4n) is 2.12. The number of benzene rings is 2. The second-order valence-electron chi connectivity index (χ2n) is 4.59. The Morgan fingerprint density at radius 3 is 2.50 bits per heavy atom. The average Bonchev–Trinajstić information content (AvgIpc) is 2.46. The van der Waals surface area contributed by atoms with Gasteiger partial charge in [-0.3, -0.25) is 10.1 Å². The molecule has 0 saturated heterocycles. The highest BCUT2D eigenvalue weighted by Gasteiger charge is 2.13. The topological polar surface area (TPSA) is 58.4 Å². The van der Waals surface area contributed by atoms with Gasteiger partial charge in [-0.15, -0.1) is 0 Å². The predicted molar refractivity (Wildman–Crippen MR) is 81.9 cm³/mol. The second-order valence-corrected chi connectivity index (χ2v) is 4.59. The van der Waals surface area contributed by atoms with E-state index in [9.17, 15) is 10.1 Å². The molecule has 0 heterocycles. The smallest absolute Gasteiger partial charge is 0.273 e. The fourth-order valence-corrected chi connectivity index (χ4v) is 2.12. The first-order chi connectivity index (χ1) is 9.52. The van der Waals surface area contributed by atoms with E-state index in [0.29, 0.717) is 0 Å². The van der Waals surface area contributed by atoms with E-state index in [1.165, 1.54) is 6.07 Å². The molecule has 0 amide bonds. The van der Waals surface area contributed by atoms with Crippen LogP contribution in [0, 0.1) is 17.0 Å². The molecule has 2 aromatic carbocycles. The van der Waals surface area contributed by atoms with Crippen molar-refractivity contribution in [2.45, 2.75) is 6.92 Å². The number of nitro benzene ring substituents is 1. The highest BCUT2D eigenvalue weighted by atomic mass is 16.6. The van der Waals surface area contributed by atoms with Crippen LogP contribution in [0.5, 0.6) is 0 Å². The van der Waals surface area contributed by atoms with Crippen LogP contribution in [0.25, 0.3) is 0 Å². The van der Waals surface area contributed by atoms with Gasteiger partial charge in [-0.1, -0.05) is 18.2 Å². The van der Waals surface area contributed by atoms with Gasteiger partial charge in [0.2, 0.25) is 0 Å². The fraction of sp³-hybridized carbons (Fsp3) is 0.200. The number of hydrogen-bond donors (Lipinski definition) is 1. The molecular weight excluding hydrogens is 254 g/mol. The van der Waals surface area contributed by atoms with Gasteiger partial charge < -0.3 is 10.2 Å². The maximum atomic E-state index is 11.0. The largest absolute Gasteiger partial charge is 0.388 e. The van der Waals surface area contributed by atoms with Crippen molar-refractivity contribution in [2.75, 3.05) is 24.3 Å². The molecule has 0 fully saturated rings. The van der Waals surface area contributed by atoms with Gasteiger partial charge in [0.05, 0.1) is 4.92 Å². The summed E-state index contributed by atoms with van der Waals surface area (Å²) in [5.41, 5.74) is 3.71. The molecule has 0 radical (unpaired) electrons. The van der Waals surface area contributed by atoms with Crippen LogP contribution in [0.4, 0.5) is 22.7 Å². The third kappa shape index (κ3) is 2.71. The molecule has 2 aromatic rings. The van der Waals surface area contributed by atoms with Crippen molar-refractivity contribution in [3.05, 3.63) is 58.1 Å². The lowest BCUT2D eigenvalue weighted by Gasteiger charge is -2.22. The zero-order valence-electron chi connectivity index (χ0n) is 11.8. The van der Waals surface area contributed by atoms with Gasteiger partial charge in [-0.2, -0.15) is 0 Å². The zero-order valence-corrected chi connectivity index (χ0v) is 11.8. The summed E-state index contributed by atoms with van der Waals surface area (Å²) in [6.07, 6.45) is 0. The van der Waals surface area contributed by atoms with Crippen molar-refractivity contribution in [1.29, 1.82) is 0 Å². The van der Waals surface area contributed by atoms with E-state index >= 15 is 0 Å². The van der Waals surface area contributed by atoms with Crippen molar-refractivity contribution in [1.82, 2.24) is 0 Å². The number of rotatable bonds is 4. The maximum Gasteiger partial charge on any atom is 0.273 e. The summed E-state index contributed by atoms with van der Waals surface area (Å²) >= 11 is 0. The van der Waals surface area contributed by atoms with Crippen LogP contribution in [0.1, 0.15) is 5.56 Å². The Balaban J connectivity index is 2.49. The van der Waals surface area contributed by atoms with Crippen LogP contribution in [0.15, 0.2) is 42.5 Å². The first-order valence-electron chi connectivity index (χ1n) is 6.29. The number of para-hydroxylation sites is 1. The van der Waals surface area contributed by atoms with Crippen LogP contribution < -0.4 is 10.2 Å². The van der Waals surface area contributed by atoms with E-state index in [-0.39, 0.29) is 10.6 Å². The third-order valence-electron chi connectivity index (χ3n) is 3.27. The third-order valence-corrected chi connectivity index (χ3v) is 3.27. The van der Waals surface area contributed by atoms with Crippen LogP contribution in [0.2, 0.25) is 0 Å². The Morgan fingerprint density at radius 1 is 1.20 bits per heavy atom. The number of non-ortho nitro benzene ring substituents is 1. The Kier molecular flexibility index (Phi) is 3.89. The maximum absolute atomic E-state index is 11.0. The van der Waals surface area contributed by atoms with Crippen molar-refractivity contribution in [3.8, 4) is 0 Å². The minimum atomic E-state index is -0.379. The van der Waals surface area contributed by atoms with E-state index in [1.54, 1.807) is 13.1 Å². The second kappa shape index (κ2) is 5.61. The Bertz CT molecular complexity index is 641. The van der Waals surface area contributed by atoms with Crippen molar-refractivity contribution < 1.29 is 4.92 Å². The Morgan fingerprint density at radius 2 is 1.90 bits per heavy atom. The van der Waals surface area contributed by atoms with Gasteiger partial charge in [-0.25, -0.2) is 0 Å². The number of nitro groups is 1. The molecule has 0 aliphatic carbocycles. The molecule has 2 rings (SSSR count). The van der Waals surface area contributed by atoms with Gasteiger partial charge in [0.1, 0.15) is 0 Å². The van der Waals surface area contributed by atoms with Crippen molar-refractivity contribution in [2.24, 2.45) is 0 Å². The summed E-state index contributed by atoms with van der Waals surface area (Å²) < 4.78 is 0. The lowest BCUT2D eigenvalue weighted by Crippen LogP contribution is -2.11. The summed E-state index contributed by atoms with van der Waals surface area (Å²) in [6, 6.07) is 12.9. The first kappa shape index (κ1) is 13.9. The first-order valence-corrected chi connectivity index (χ1v) is 6.29. The number of aryl methyl sites for hydroxylation is 1. The summed E-state index contributed by atoms with van der Waals surface area (Å²) in [4.78, 5) is 12.6. The van der Waals surface area contributed by atoms with Crippen molar-refractivity contribution in [3.63, 3.8) is 0 Å². The molecule has 0 atom stereocenters. The number of anilines is 3. The van der Waals surface area contributed by atoms with Crippen LogP contribution in [0.3, 0.4) is 0 Å². The minimum absolute atomic E-state index is 0.0762. The van der Waals surface area contributed by atoms with Gasteiger partial charge >= 0.3 is 0 Å². The molecule has 0 unspecified atom stereocenters. The summed E-state index contributed by atoms with van der Waals surface area (Å²) in [5.74, 6) is 0. The summed E-state index contributed by atoms with van der Waals surface area (Å²) in [6.45, 7) is 2.02. The van der Waals surface area contributed by atoms with Crippen LogP contribution in [-0.2, 0) is 0 Å². The van der Waals surface area contributed by atoms with Crippen LogP contribution >= 0.6 is 0 Å². The minimum Gasteiger partial charge on any atom is -0.388 e. The van der Waals surface area contributed by atoms with Gasteiger partial charge in [0.25, 0.3) is 5.69 Å². The number of hydrogen-bond acceptors (Lipinski definition) is 4. The summed E-state index contributed by atoms with van der Waals surface area (Å²) in [7, 11) is 3.65. The number of nitrogens with zero attached hydrogens (tertiary/aromatic N) is 2. The van der Waals surface area contributed by atoms with E-state index in [2.05, 4.69) is 5.32 Å². The molecule has 0 saturated carbocycles. The monoisotopic (exact) mass is 271 g/mol. The molecule has 0 aromatic heterocycles. The molecule has 5 nitrogen and oxygen atoms in total. The van der Waals surface area contributed by atoms with E-state index in [1.807, 2.05) is 49.2 Å². The lowest BCUT2D eigenvalue weighted by molar-refractivity contribution is -0.384. The molecule has 0 aliphatic rings. The van der Waals surface area contributed by atoms with Gasteiger partial charge in [0, 0.05) is 43.3 Å². The van der Waals surface area contributed by atoms with E-state index in [4.69, 9.17) is 0 Å². The SMILES string of the molecule is CNc1cc(N(C)c2ccccc2C)cc([N+](=O)[O-])c1. The molecule has 104 valence electrons. The molecular formula is C15H17N3O2. The highest BCUT2D eigenvalue weighted by Crippen LogP contribution is 2.31. The van der Waals surface area contributed by atoms with Gasteiger partial charge in [0.15, 0.2) is 0 Å². The molecule has 5 heteroatoms. The standard InChI is InChI=1S/C15H17N3O2/c1-11-6-4-5-7-15(11)17(3)13-8-12(16-2)9-14(10-13)18(19)20/h4-10,16H,1-3H3. The summed E-state index contributed by atoms with van der Waals surface area (Å²) in [5, 5.41) is 14.0. The molecule has 1 N–H and O–H groups in total. The quantitative estimate of drug-likeness (QED) is 0.680. The molecule has 0 bridgehead atoms. The zero-order chi connectivity index (χ0) is 14.7. The average molecular weight is 271 g/mol. The van der Waals surface area contributed by atoms with E-state index in [0.717, 1.165) is 22.6 Å². The van der Waals surface area contributed by atoms with Crippen LogP contribution in [-0.4, -0.2) is 19.0 Å². The molecule has 0 aliphatic heterocycles. The Hall–Kier alpha value is -2.56. The molecule has 20 heavy (non-hydrogen) atoms. The van der Waals surface area contributed by atoms with Crippen molar-refractivity contribution >= 4 is 22.7 Å².